The van der Waals surface area contributed by atoms with E-state index in [0.29, 0.717) is 37.6 Å². The first-order valence-electron chi connectivity index (χ1n) is 6.75. The molecule has 0 unspecified atom stereocenters. The highest BCUT2D eigenvalue weighted by molar-refractivity contribution is 5.85. The van der Waals surface area contributed by atoms with E-state index in [1.165, 1.54) is 0 Å². The van der Waals surface area contributed by atoms with E-state index in [4.69, 9.17) is 10.5 Å². The average molecular weight is 326 g/mol. The number of ether oxygens (including phenoxy) is 1. The van der Waals surface area contributed by atoms with Crippen LogP contribution in [0.4, 0.5) is 0 Å². The van der Waals surface area contributed by atoms with Crippen molar-refractivity contribution in [2.75, 3.05) is 13.7 Å². The van der Waals surface area contributed by atoms with Crippen LogP contribution in [0.2, 0.25) is 0 Å². The molecule has 2 rings (SSSR count). The Bertz CT molecular complexity index is 585. The number of methoxy groups -OCH3 is 1. The summed E-state index contributed by atoms with van der Waals surface area (Å²) in [5, 5.41) is 9.71. The largest absolute Gasteiger partial charge is 0.497 e. The van der Waals surface area contributed by atoms with Gasteiger partial charge in [0.1, 0.15) is 11.6 Å². The summed E-state index contributed by atoms with van der Waals surface area (Å²) in [6, 6.07) is 7.46. The molecule has 1 aromatic heterocycles. The lowest BCUT2D eigenvalue weighted by Crippen LogP contribution is -2.23. The van der Waals surface area contributed by atoms with Crippen LogP contribution in [-0.4, -0.2) is 34.7 Å². The summed E-state index contributed by atoms with van der Waals surface area (Å²) >= 11 is 0. The Hall–Kier alpha value is -2.12. The van der Waals surface area contributed by atoms with Gasteiger partial charge in [-0.05, 0) is 37.2 Å². The number of H-pyrrole nitrogens is 1. The van der Waals surface area contributed by atoms with Gasteiger partial charge in [0.05, 0.1) is 13.7 Å². The van der Waals surface area contributed by atoms with E-state index in [1.807, 2.05) is 24.3 Å². The third-order valence-electron chi connectivity index (χ3n) is 2.94. The minimum Gasteiger partial charge on any atom is -0.497 e. The molecule has 0 saturated carbocycles. The number of carbonyl (C=O) groups is 1. The molecule has 0 atom stereocenters. The van der Waals surface area contributed by atoms with Crippen LogP contribution in [0.1, 0.15) is 18.7 Å². The van der Waals surface area contributed by atoms with Crippen LogP contribution in [0.25, 0.3) is 11.4 Å². The van der Waals surface area contributed by atoms with Crippen molar-refractivity contribution in [2.24, 2.45) is 5.73 Å². The summed E-state index contributed by atoms with van der Waals surface area (Å²) in [5.74, 6) is 1.94. The maximum Gasteiger partial charge on any atom is 0.220 e. The van der Waals surface area contributed by atoms with Crippen molar-refractivity contribution in [1.82, 2.24) is 20.5 Å². The van der Waals surface area contributed by atoms with Crippen LogP contribution < -0.4 is 15.8 Å². The van der Waals surface area contributed by atoms with Crippen LogP contribution in [-0.2, 0) is 11.3 Å². The number of nitrogens with one attached hydrogen (secondary N) is 2. The van der Waals surface area contributed by atoms with E-state index in [1.54, 1.807) is 7.11 Å². The quantitative estimate of drug-likeness (QED) is 0.710. The van der Waals surface area contributed by atoms with E-state index < -0.39 is 0 Å². The van der Waals surface area contributed by atoms with Gasteiger partial charge in [-0.25, -0.2) is 4.98 Å². The fraction of sp³-hybridized carbons (Fsp3) is 0.357. The summed E-state index contributed by atoms with van der Waals surface area (Å²) < 4.78 is 5.10. The molecule has 7 nitrogen and oxygen atoms in total. The number of amides is 1. The summed E-state index contributed by atoms with van der Waals surface area (Å²) in [6.07, 6.45) is 1.11. The first-order valence-corrected chi connectivity index (χ1v) is 6.75. The van der Waals surface area contributed by atoms with Crippen LogP contribution >= 0.6 is 12.4 Å². The number of aromatic nitrogens is 3. The van der Waals surface area contributed by atoms with Crippen molar-refractivity contribution < 1.29 is 9.53 Å². The number of rotatable bonds is 7. The first kappa shape index (κ1) is 17.9. The SMILES string of the molecule is COc1ccc(-c2n[nH]c(CNC(=O)CCCN)n2)cc1.Cl. The standard InChI is InChI=1S/C14H19N5O2.ClH/c1-21-11-6-4-10(5-7-11)14-17-12(18-19-14)9-16-13(20)3-2-8-15;/h4-7H,2-3,8-9,15H2,1H3,(H,16,20)(H,17,18,19);1H. The van der Waals surface area contributed by atoms with Crippen molar-refractivity contribution in [1.29, 1.82) is 0 Å². The normalized spacial score (nSPS) is 9.91. The zero-order valence-corrected chi connectivity index (χ0v) is 13.2. The Labute approximate surface area is 135 Å². The Kier molecular flexibility index (Phi) is 7.34. The highest BCUT2D eigenvalue weighted by Crippen LogP contribution is 2.18. The molecular weight excluding hydrogens is 306 g/mol. The van der Waals surface area contributed by atoms with E-state index in [2.05, 4.69) is 20.5 Å². The minimum atomic E-state index is -0.0390. The lowest BCUT2D eigenvalue weighted by molar-refractivity contribution is -0.121. The maximum atomic E-state index is 11.5. The molecule has 0 saturated heterocycles. The van der Waals surface area contributed by atoms with E-state index in [0.717, 1.165) is 11.3 Å². The lowest BCUT2D eigenvalue weighted by Gasteiger charge is -2.01. The second kappa shape index (κ2) is 9.01. The van der Waals surface area contributed by atoms with E-state index in [-0.39, 0.29) is 18.3 Å². The summed E-state index contributed by atoms with van der Waals surface area (Å²) in [5.41, 5.74) is 6.24. The number of hydrogen-bond donors (Lipinski definition) is 3. The molecule has 0 spiro atoms. The summed E-state index contributed by atoms with van der Waals surface area (Å²) in [6.45, 7) is 0.837. The van der Waals surface area contributed by atoms with Gasteiger partial charge >= 0.3 is 0 Å². The van der Waals surface area contributed by atoms with Crippen molar-refractivity contribution in [2.45, 2.75) is 19.4 Å². The van der Waals surface area contributed by atoms with Gasteiger partial charge in [0.2, 0.25) is 5.91 Å². The van der Waals surface area contributed by atoms with Crippen molar-refractivity contribution in [3.8, 4) is 17.1 Å². The van der Waals surface area contributed by atoms with Gasteiger partial charge in [-0.15, -0.1) is 12.4 Å². The predicted octanol–water partition coefficient (Wildman–Crippen LogP) is 1.26. The number of halogens is 1. The topological polar surface area (TPSA) is 106 Å². The summed E-state index contributed by atoms with van der Waals surface area (Å²) in [4.78, 5) is 15.8. The third kappa shape index (κ3) is 5.01. The number of benzene rings is 1. The smallest absolute Gasteiger partial charge is 0.220 e. The van der Waals surface area contributed by atoms with E-state index >= 15 is 0 Å². The molecule has 0 aliphatic heterocycles. The fourth-order valence-corrected chi connectivity index (χ4v) is 1.78. The molecular formula is C14H20ClN5O2. The first-order chi connectivity index (χ1) is 10.2. The maximum absolute atomic E-state index is 11.5. The monoisotopic (exact) mass is 325 g/mol. The highest BCUT2D eigenvalue weighted by Gasteiger charge is 2.07. The number of aromatic amines is 1. The van der Waals surface area contributed by atoms with E-state index in [9.17, 15) is 4.79 Å². The van der Waals surface area contributed by atoms with Crippen molar-refractivity contribution in [3.05, 3.63) is 30.1 Å². The second-order valence-corrected chi connectivity index (χ2v) is 4.50. The van der Waals surface area contributed by atoms with Gasteiger partial charge in [0.25, 0.3) is 0 Å². The minimum absolute atomic E-state index is 0. The van der Waals surface area contributed by atoms with Crippen LogP contribution in [0.15, 0.2) is 24.3 Å². The molecule has 1 heterocycles. The highest BCUT2D eigenvalue weighted by atomic mass is 35.5. The molecule has 4 N–H and O–H groups in total. The fourth-order valence-electron chi connectivity index (χ4n) is 1.78. The molecule has 120 valence electrons. The molecule has 1 aromatic carbocycles. The van der Waals surface area contributed by atoms with Gasteiger partial charge in [0.15, 0.2) is 5.82 Å². The van der Waals surface area contributed by atoms with Crippen LogP contribution in [0, 0.1) is 0 Å². The zero-order valence-electron chi connectivity index (χ0n) is 12.3. The Balaban J connectivity index is 0.00000242. The van der Waals surface area contributed by atoms with Crippen LogP contribution in [0.3, 0.4) is 0 Å². The molecule has 8 heteroatoms. The number of nitrogens with two attached hydrogens (primary N) is 1. The molecule has 0 aliphatic carbocycles. The molecule has 1 amide bonds. The Morgan fingerprint density at radius 3 is 2.73 bits per heavy atom. The molecule has 2 aromatic rings. The number of hydrogen-bond acceptors (Lipinski definition) is 5. The van der Waals surface area contributed by atoms with Gasteiger partial charge < -0.3 is 15.8 Å². The Morgan fingerprint density at radius 1 is 1.36 bits per heavy atom. The lowest BCUT2D eigenvalue weighted by atomic mass is 10.2. The third-order valence-corrected chi connectivity index (χ3v) is 2.94. The number of nitrogens with zero attached hydrogens (tertiary/aromatic N) is 2. The second-order valence-electron chi connectivity index (χ2n) is 4.50. The van der Waals surface area contributed by atoms with Crippen LogP contribution in [0.5, 0.6) is 5.75 Å². The van der Waals surface area contributed by atoms with Gasteiger partial charge in [-0.3, -0.25) is 9.89 Å². The zero-order chi connectivity index (χ0) is 15.1. The Morgan fingerprint density at radius 2 is 2.09 bits per heavy atom. The van der Waals surface area contributed by atoms with Gasteiger partial charge in [-0.1, -0.05) is 0 Å². The number of carbonyl (C=O) groups excluding carboxylic acids is 1. The van der Waals surface area contributed by atoms with Gasteiger partial charge in [0, 0.05) is 12.0 Å². The molecule has 0 aliphatic rings. The molecule has 0 radical (unpaired) electrons. The summed E-state index contributed by atoms with van der Waals surface area (Å²) in [7, 11) is 1.62. The van der Waals surface area contributed by atoms with Crippen molar-refractivity contribution >= 4 is 18.3 Å². The molecule has 0 fully saturated rings. The predicted molar refractivity (Wildman–Crippen MR) is 85.8 cm³/mol. The van der Waals surface area contributed by atoms with Crippen molar-refractivity contribution in [3.63, 3.8) is 0 Å². The molecule has 0 bridgehead atoms. The molecule has 22 heavy (non-hydrogen) atoms. The van der Waals surface area contributed by atoms with Gasteiger partial charge in [-0.2, -0.15) is 5.10 Å². The average Bonchev–Trinajstić information content (AvgIpc) is 3.00.